The molecule has 5 atom stereocenters. The van der Waals surface area contributed by atoms with Crippen molar-refractivity contribution in [3.05, 3.63) is 65.7 Å². The van der Waals surface area contributed by atoms with Gasteiger partial charge in [-0.1, -0.05) is 30.3 Å². The van der Waals surface area contributed by atoms with E-state index in [4.69, 9.17) is 4.74 Å². The lowest BCUT2D eigenvalue weighted by Gasteiger charge is -2.49. The molecular weight excluding hydrogens is 416 g/mol. The second-order valence-electron chi connectivity index (χ2n) is 10.1. The fourth-order valence-corrected chi connectivity index (χ4v) is 5.62. The predicted octanol–water partition coefficient (Wildman–Crippen LogP) is 4.26. The number of rotatable bonds is 5. The summed E-state index contributed by atoms with van der Waals surface area (Å²) in [6, 6.07) is 17.3. The van der Waals surface area contributed by atoms with E-state index in [9.17, 15) is 14.7 Å². The first-order chi connectivity index (χ1) is 15.7. The van der Waals surface area contributed by atoms with E-state index in [-0.39, 0.29) is 23.3 Å². The molecule has 6 heteroatoms. The maximum atomic E-state index is 12.7. The minimum absolute atomic E-state index is 0.0889. The van der Waals surface area contributed by atoms with Crippen LogP contribution in [0, 0.1) is 5.92 Å². The van der Waals surface area contributed by atoms with E-state index in [0.29, 0.717) is 23.7 Å². The summed E-state index contributed by atoms with van der Waals surface area (Å²) in [6.07, 6.45) is 2.64. The van der Waals surface area contributed by atoms with Gasteiger partial charge in [-0.25, -0.2) is 0 Å². The standard InChI is InChI=1S/C27H34N2O4/c1-18(30)29-23-11-9-20(10-12-23)25(32)28-17-21-13-14-26(2)15-22(19-7-5-4-6-8-19)16-27(3,33-26)24(21)31/h4-12,21-22,24,31H,13-17H2,1-3H3,(H,28,32)(H,29,30)/t21-,22-,24-,26-,27-/m0/s1. The maximum Gasteiger partial charge on any atom is 0.251 e. The molecule has 0 saturated carbocycles. The number of carbonyl (C=O) groups excluding carboxylic acids is 2. The minimum atomic E-state index is -0.673. The highest BCUT2D eigenvalue weighted by atomic mass is 16.5. The Morgan fingerprint density at radius 1 is 1.06 bits per heavy atom. The number of amides is 2. The van der Waals surface area contributed by atoms with Crippen molar-refractivity contribution in [3.8, 4) is 0 Å². The van der Waals surface area contributed by atoms with Crippen LogP contribution in [0.5, 0.6) is 0 Å². The van der Waals surface area contributed by atoms with E-state index in [1.165, 1.54) is 12.5 Å². The third kappa shape index (κ3) is 5.28. The van der Waals surface area contributed by atoms with E-state index in [1.54, 1.807) is 24.3 Å². The van der Waals surface area contributed by atoms with Gasteiger partial charge in [0.2, 0.25) is 5.91 Å². The van der Waals surface area contributed by atoms with Gasteiger partial charge in [-0.05, 0) is 75.3 Å². The molecule has 2 aliphatic rings. The average molecular weight is 451 g/mol. The summed E-state index contributed by atoms with van der Waals surface area (Å²) in [7, 11) is 0. The lowest BCUT2D eigenvalue weighted by atomic mass is 9.74. The molecule has 2 saturated heterocycles. The van der Waals surface area contributed by atoms with Crippen LogP contribution in [0.25, 0.3) is 0 Å². The molecule has 2 aromatic carbocycles. The van der Waals surface area contributed by atoms with Gasteiger partial charge in [0, 0.05) is 30.6 Å². The van der Waals surface area contributed by atoms with Crippen molar-refractivity contribution in [1.29, 1.82) is 0 Å². The Labute approximate surface area is 195 Å². The summed E-state index contributed by atoms with van der Waals surface area (Å²) in [4.78, 5) is 23.9. The van der Waals surface area contributed by atoms with Crippen LogP contribution in [0.3, 0.4) is 0 Å². The number of nitrogens with one attached hydrogen (secondary N) is 2. The van der Waals surface area contributed by atoms with E-state index in [2.05, 4.69) is 41.8 Å². The number of ether oxygens (including phenoxy) is 1. The monoisotopic (exact) mass is 450 g/mol. The van der Waals surface area contributed by atoms with Crippen molar-refractivity contribution < 1.29 is 19.4 Å². The van der Waals surface area contributed by atoms with Gasteiger partial charge in [0.15, 0.2) is 0 Å². The minimum Gasteiger partial charge on any atom is -0.390 e. The van der Waals surface area contributed by atoms with Crippen LogP contribution in [-0.2, 0) is 9.53 Å². The molecule has 2 fully saturated rings. The highest BCUT2D eigenvalue weighted by Gasteiger charge is 2.52. The van der Waals surface area contributed by atoms with Crippen LogP contribution < -0.4 is 10.6 Å². The second kappa shape index (κ2) is 9.27. The summed E-state index contributed by atoms with van der Waals surface area (Å²) >= 11 is 0. The predicted molar refractivity (Wildman–Crippen MR) is 128 cm³/mol. The molecule has 2 aromatic rings. The molecule has 2 aliphatic heterocycles. The third-order valence-corrected chi connectivity index (χ3v) is 7.19. The van der Waals surface area contributed by atoms with Crippen LogP contribution in [0.15, 0.2) is 54.6 Å². The van der Waals surface area contributed by atoms with Crippen molar-refractivity contribution in [2.24, 2.45) is 5.92 Å². The fourth-order valence-electron chi connectivity index (χ4n) is 5.62. The number of benzene rings is 2. The summed E-state index contributed by atoms with van der Waals surface area (Å²) in [5.74, 6) is -0.101. The quantitative estimate of drug-likeness (QED) is 0.635. The lowest BCUT2D eigenvalue weighted by Crippen LogP contribution is -2.54. The van der Waals surface area contributed by atoms with Gasteiger partial charge in [-0.2, -0.15) is 0 Å². The van der Waals surface area contributed by atoms with Gasteiger partial charge in [0.05, 0.1) is 17.3 Å². The Balaban J connectivity index is 1.43. The largest absolute Gasteiger partial charge is 0.390 e. The smallest absolute Gasteiger partial charge is 0.251 e. The summed E-state index contributed by atoms with van der Waals surface area (Å²) in [6.45, 7) is 6.01. The highest BCUT2D eigenvalue weighted by Crippen LogP contribution is 2.50. The average Bonchev–Trinajstić information content (AvgIpc) is 2.84. The van der Waals surface area contributed by atoms with E-state index in [1.807, 2.05) is 13.0 Å². The molecule has 0 unspecified atom stereocenters. The molecule has 2 heterocycles. The number of hydrogen-bond donors (Lipinski definition) is 3. The van der Waals surface area contributed by atoms with E-state index >= 15 is 0 Å². The van der Waals surface area contributed by atoms with Gasteiger partial charge >= 0.3 is 0 Å². The van der Waals surface area contributed by atoms with Gasteiger partial charge in [-0.3, -0.25) is 9.59 Å². The Morgan fingerprint density at radius 2 is 1.76 bits per heavy atom. The zero-order chi connectivity index (χ0) is 23.6. The molecule has 176 valence electrons. The normalized spacial score (nSPS) is 31.3. The number of aliphatic hydroxyl groups is 1. The van der Waals surface area contributed by atoms with Crippen LogP contribution >= 0.6 is 0 Å². The first kappa shape index (κ1) is 23.5. The van der Waals surface area contributed by atoms with Crippen molar-refractivity contribution in [3.63, 3.8) is 0 Å². The Hall–Kier alpha value is -2.70. The summed E-state index contributed by atoms with van der Waals surface area (Å²) < 4.78 is 6.56. The summed E-state index contributed by atoms with van der Waals surface area (Å²) in [5, 5.41) is 17.1. The number of anilines is 1. The van der Waals surface area contributed by atoms with Crippen molar-refractivity contribution in [1.82, 2.24) is 5.32 Å². The maximum absolute atomic E-state index is 12.7. The number of aliphatic hydroxyl groups excluding tert-OH is 1. The third-order valence-electron chi connectivity index (χ3n) is 7.19. The molecule has 2 amide bonds. The highest BCUT2D eigenvalue weighted by molar-refractivity contribution is 5.95. The first-order valence-electron chi connectivity index (χ1n) is 11.8. The zero-order valence-electron chi connectivity index (χ0n) is 19.6. The molecular formula is C27H34N2O4. The second-order valence-corrected chi connectivity index (χ2v) is 10.1. The van der Waals surface area contributed by atoms with Gasteiger partial charge < -0.3 is 20.5 Å². The lowest BCUT2D eigenvalue weighted by molar-refractivity contribution is -0.215. The first-order valence-corrected chi connectivity index (χ1v) is 11.8. The van der Waals surface area contributed by atoms with Gasteiger partial charge in [-0.15, -0.1) is 0 Å². The molecule has 0 spiro atoms. The van der Waals surface area contributed by atoms with Crippen LogP contribution in [0.1, 0.15) is 68.3 Å². The molecule has 2 bridgehead atoms. The van der Waals surface area contributed by atoms with Gasteiger partial charge in [0.25, 0.3) is 5.91 Å². The number of hydrogen-bond acceptors (Lipinski definition) is 4. The zero-order valence-corrected chi connectivity index (χ0v) is 19.6. The molecule has 4 rings (SSSR count). The van der Waals surface area contributed by atoms with Crippen LogP contribution in [-0.4, -0.2) is 40.8 Å². The SMILES string of the molecule is CC(=O)Nc1ccc(C(=O)NC[C@@H]2CC[C@@]3(C)C[C@H](c4ccccc4)C[C@](C)(O3)[C@H]2O)cc1. The van der Waals surface area contributed by atoms with E-state index in [0.717, 1.165) is 25.7 Å². The molecule has 33 heavy (non-hydrogen) atoms. The Bertz CT molecular complexity index is 993. The Kier molecular flexibility index (Phi) is 6.59. The molecule has 0 aromatic heterocycles. The summed E-state index contributed by atoms with van der Waals surface area (Å²) in [5.41, 5.74) is 1.49. The van der Waals surface area contributed by atoms with Gasteiger partial charge in [0.1, 0.15) is 0 Å². The van der Waals surface area contributed by atoms with Crippen molar-refractivity contribution >= 4 is 17.5 Å². The van der Waals surface area contributed by atoms with Crippen molar-refractivity contribution in [2.45, 2.75) is 69.7 Å². The topological polar surface area (TPSA) is 87.7 Å². The van der Waals surface area contributed by atoms with Crippen LogP contribution in [0.2, 0.25) is 0 Å². The van der Waals surface area contributed by atoms with E-state index < -0.39 is 11.7 Å². The molecule has 0 aliphatic carbocycles. The fraction of sp³-hybridized carbons (Fsp3) is 0.481. The Morgan fingerprint density at radius 3 is 2.42 bits per heavy atom. The van der Waals surface area contributed by atoms with Crippen LogP contribution in [0.4, 0.5) is 5.69 Å². The number of carbonyl (C=O) groups is 2. The van der Waals surface area contributed by atoms with Crippen molar-refractivity contribution in [2.75, 3.05) is 11.9 Å². The molecule has 6 nitrogen and oxygen atoms in total. The number of fused-ring (bicyclic) bond motifs is 2. The molecule has 0 radical (unpaired) electrons. The molecule has 3 N–H and O–H groups in total.